The fourth-order valence-corrected chi connectivity index (χ4v) is 3.71. The van der Waals surface area contributed by atoms with Gasteiger partial charge in [-0.3, -0.25) is 0 Å². The summed E-state index contributed by atoms with van der Waals surface area (Å²) in [4.78, 5) is 0. The minimum Gasteiger partial charge on any atom is -0.313 e. The van der Waals surface area contributed by atoms with Gasteiger partial charge in [0.25, 0.3) is 10.2 Å². The highest BCUT2D eigenvalue weighted by Gasteiger charge is 2.38. The predicted octanol–water partition coefficient (Wildman–Crippen LogP) is 0.0571. The fraction of sp³-hybridized carbons (Fsp3) is 1.00. The lowest BCUT2D eigenvalue weighted by Gasteiger charge is -2.24. The molecule has 6 heteroatoms. The van der Waals surface area contributed by atoms with Crippen molar-refractivity contribution in [2.75, 3.05) is 19.6 Å². The van der Waals surface area contributed by atoms with Crippen molar-refractivity contribution in [3.8, 4) is 0 Å². The molecule has 2 fully saturated rings. The molecule has 0 aromatic rings. The maximum atomic E-state index is 12.0. The van der Waals surface area contributed by atoms with Crippen molar-refractivity contribution >= 4 is 10.2 Å². The molecular weight excluding hydrogens is 226 g/mol. The summed E-state index contributed by atoms with van der Waals surface area (Å²) < 4.78 is 28.2. The Morgan fingerprint density at radius 1 is 1.38 bits per heavy atom. The minimum atomic E-state index is -3.25. The molecule has 1 saturated carbocycles. The van der Waals surface area contributed by atoms with Gasteiger partial charge >= 0.3 is 0 Å². The van der Waals surface area contributed by atoms with Gasteiger partial charge in [0.1, 0.15) is 0 Å². The highest BCUT2D eigenvalue weighted by Crippen LogP contribution is 2.29. The van der Waals surface area contributed by atoms with Crippen LogP contribution in [0.2, 0.25) is 0 Å². The topological polar surface area (TPSA) is 61.4 Å². The molecule has 0 spiro atoms. The summed E-state index contributed by atoms with van der Waals surface area (Å²) in [5.41, 5.74) is 0. The van der Waals surface area contributed by atoms with Crippen molar-refractivity contribution in [3.05, 3.63) is 0 Å². The van der Waals surface area contributed by atoms with Crippen LogP contribution in [-0.4, -0.2) is 44.4 Å². The molecule has 0 bridgehead atoms. The van der Waals surface area contributed by atoms with E-state index in [9.17, 15) is 8.42 Å². The average molecular weight is 247 g/mol. The van der Waals surface area contributed by atoms with Crippen molar-refractivity contribution < 1.29 is 8.42 Å². The van der Waals surface area contributed by atoms with E-state index in [0.717, 1.165) is 32.2 Å². The summed E-state index contributed by atoms with van der Waals surface area (Å²) in [6.07, 6.45) is 4.27. The molecule has 1 aliphatic carbocycles. The van der Waals surface area contributed by atoms with Gasteiger partial charge in [0.2, 0.25) is 0 Å². The third-order valence-electron chi connectivity index (χ3n) is 3.15. The Hall–Kier alpha value is -0.170. The molecule has 0 amide bonds. The van der Waals surface area contributed by atoms with Gasteiger partial charge < -0.3 is 5.32 Å². The van der Waals surface area contributed by atoms with E-state index >= 15 is 0 Å². The van der Waals surface area contributed by atoms with E-state index in [1.54, 1.807) is 4.31 Å². The van der Waals surface area contributed by atoms with Crippen molar-refractivity contribution in [1.29, 1.82) is 0 Å². The SMILES string of the molecule is CCNS(=O)(=O)N(CC1CCCN1)C1CC1. The van der Waals surface area contributed by atoms with Gasteiger partial charge in [0, 0.05) is 25.2 Å². The number of nitrogens with one attached hydrogen (secondary N) is 2. The zero-order chi connectivity index (χ0) is 11.6. The van der Waals surface area contributed by atoms with Gasteiger partial charge in [-0.05, 0) is 32.2 Å². The molecule has 2 aliphatic rings. The van der Waals surface area contributed by atoms with Crippen LogP contribution in [0.3, 0.4) is 0 Å². The van der Waals surface area contributed by atoms with Crippen LogP contribution < -0.4 is 10.0 Å². The second-order valence-electron chi connectivity index (χ2n) is 4.60. The molecule has 94 valence electrons. The maximum absolute atomic E-state index is 12.0. The van der Waals surface area contributed by atoms with Crippen LogP contribution in [0.1, 0.15) is 32.6 Å². The Labute approximate surface area is 97.8 Å². The Kier molecular flexibility index (Phi) is 3.84. The van der Waals surface area contributed by atoms with E-state index in [2.05, 4.69) is 10.0 Å². The molecule has 1 saturated heterocycles. The van der Waals surface area contributed by atoms with Gasteiger partial charge in [-0.2, -0.15) is 12.7 Å². The van der Waals surface area contributed by atoms with Crippen LogP contribution in [0.25, 0.3) is 0 Å². The summed E-state index contributed by atoms with van der Waals surface area (Å²) >= 11 is 0. The number of hydrogen-bond acceptors (Lipinski definition) is 3. The molecule has 1 unspecified atom stereocenters. The Morgan fingerprint density at radius 2 is 2.12 bits per heavy atom. The average Bonchev–Trinajstić information content (AvgIpc) is 2.92. The Bertz CT molecular complexity index is 321. The van der Waals surface area contributed by atoms with Crippen molar-refractivity contribution in [1.82, 2.24) is 14.3 Å². The summed E-state index contributed by atoms with van der Waals surface area (Å²) in [5.74, 6) is 0. The number of nitrogens with zero attached hydrogens (tertiary/aromatic N) is 1. The first-order chi connectivity index (χ1) is 7.63. The van der Waals surface area contributed by atoms with Crippen molar-refractivity contribution in [3.63, 3.8) is 0 Å². The second kappa shape index (κ2) is 5.00. The molecule has 0 aromatic heterocycles. The number of rotatable bonds is 6. The van der Waals surface area contributed by atoms with E-state index in [1.807, 2.05) is 6.92 Å². The summed E-state index contributed by atoms with van der Waals surface area (Å²) in [5, 5.41) is 3.35. The van der Waals surface area contributed by atoms with Crippen LogP contribution in [0, 0.1) is 0 Å². The predicted molar refractivity (Wildman–Crippen MR) is 63.3 cm³/mol. The van der Waals surface area contributed by atoms with Crippen LogP contribution >= 0.6 is 0 Å². The van der Waals surface area contributed by atoms with Crippen LogP contribution in [0.15, 0.2) is 0 Å². The van der Waals surface area contributed by atoms with Crippen molar-refractivity contribution in [2.24, 2.45) is 0 Å². The minimum absolute atomic E-state index is 0.242. The highest BCUT2D eigenvalue weighted by molar-refractivity contribution is 7.87. The third-order valence-corrected chi connectivity index (χ3v) is 4.87. The zero-order valence-corrected chi connectivity index (χ0v) is 10.6. The lowest BCUT2D eigenvalue weighted by molar-refractivity contribution is 0.358. The highest BCUT2D eigenvalue weighted by atomic mass is 32.2. The quantitative estimate of drug-likeness (QED) is 0.697. The first-order valence-corrected chi connectivity index (χ1v) is 7.57. The van der Waals surface area contributed by atoms with E-state index in [1.165, 1.54) is 0 Å². The molecule has 1 atom stereocenters. The third kappa shape index (κ3) is 2.94. The molecule has 2 rings (SSSR count). The molecule has 16 heavy (non-hydrogen) atoms. The Morgan fingerprint density at radius 3 is 2.62 bits per heavy atom. The zero-order valence-electron chi connectivity index (χ0n) is 9.78. The van der Waals surface area contributed by atoms with Gasteiger partial charge in [-0.1, -0.05) is 6.92 Å². The molecule has 2 N–H and O–H groups in total. The van der Waals surface area contributed by atoms with E-state index in [0.29, 0.717) is 19.1 Å². The second-order valence-corrected chi connectivity index (χ2v) is 6.30. The van der Waals surface area contributed by atoms with E-state index in [-0.39, 0.29) is 6.04 Å². The van der Waals surface area contributed by atoms with E-state index < -0.39 is 10.2 Å². The van der Waals surface area contributed by atoms with Crippen LogP contribution in [-0.2, 0) is 10.2 Å². The number of hydrogen-bond donors (Lipinski definition) is 2. The molecule has 1 heterocycles. The van der Waals surface area contributed by atoms with Crippen molar-refractivity contribution in [2.45, 2.75) is 44.7 Å². The lowest BCUT2D eigenvalue weighted by atomic mass is 10.2. The molecule has 5 nitrogen and oxygen atoms in total. The molecule has 0 radical (unpaired) electrons. The standard InChI is InChI=1S/C10H21N3O2S/c1-2-12-16(14,15)13(10-5-6-10)8-9-4-3-7-11-9/h9-12H,2-8H2,1H3. The molecular formula is C10H21N3O2S. The van der Waals surface area contributed by atoms with Crippen LogP contribution in [0.5, 0.6) is 0 Å². The fourth-order valence-electron chi connectivity index (χ4n) is 2.20. The normalized spacial score (nSPS) is 26.5. The van der Waals surface area contributed by atoms with Crippen LogP contribution in [0.4, 0.5) is 0 Å². The lowest BCUT2D eigenvalue weighted by Crippen LogP contribution is -2.47. The summed E-state index contributed by atoms with van der Waals surface area (Å²) in [6.45, 7) is 3.92. The van der Waals surface area contributed by atoms with Gasteiger partial charge in [0.05, 0.1) is 0 Å². The van der Waals surface area contributed by atoms with Gasteiger partial charge in [-0.15, -0.1) is 0 Å². The summed E-state index contributed by atoms with van der Waals surface area (Å²) in [6, 6.07) is 0.584. The molecule has 0 aromatic carbocycles. The summed E-state index contributed by atoms with van der Waals surface area (Å²) in [7, 11) is -3.25. The largest absolute Gasteiger partial charge is 0.313 e. The molecule has 1 aliphatic heterocycles. The maximum Gasteiger partial charge on any atom is 0.279 e. The first kappa shape index (κ1) is 12.3. The van der Waals surface area contributed by atoms with Gasteiger partial charge in [-0.25, -0.2) is 4.72 Å². The monoisotopic (exact) mass is 247 g/mol. The Balaban J connectivity index is 1.98. The van der Waals surface area contributed by atoms with Gasteiger partial charge in [0.15, 0.2) is 0 Å². The van der Waals surface area contributed by atoms with E-state index in [4.69, 9.17) is 0 Å². The smallest absolute Gasteiger partial charge is 0.279 e. The first-order valence-electron chi connectivity index (χ1n) is 6.13.